The minimum atomic E-state index is 0.104. The van der Waals surface area contributed by atoms with Gasteiger partial charge < -0.3 is 15.2 Å². The number of carbonyl (C=O) groups excluding carboxylic acids is 2. The molecule has 2 saturated carbocycles. The topological polar surface area (TPSA) is 75.6 Å². The van der Waals surface area contributed by atoms with Crippen molar-refractivity contribution in [3.05, 3.63) is 0 Å². The van der Waals surface area contributed by atoms with Crippen LogP contribution < -0.4 is 5.32 Å². The highest BCUT2D eigenvalue weighted by molar-refractivity contribution is 5.84. The van der Waals surface area contributed by atoms with E-state index in [0.717, 1.165) is 19.3 Å². The first-order valence-corrected chi connectivity index (χ1v) is 10.0. The van der Waals surface area contributed by atoms with Crippen LogP contribution in [-0.2, 0) is 14.3 Å². The molecule has 0 aromatic carbocycles. The monoisotopic (exact) mass is 355 g/mol. The first-order valence-electron chi connectivity index (χ1n) is 10.0. The minimum Gasteiger partial charge on any atom is -0.397 e. The van der Waals surface area contributed by atoms with E-state index in [-0.39, 0.29) is 30.4 Å². The Morgan fingerprint density at radius 1 is 1.16 bits per heavy atom. The maximum Gasteiger partial charge on any atom is 0.220 e. The zero-order valence-electron chi connectivity index (χ0n) is 16.3. The molecular weight excluding hydrogens is 318 g/mol. The summed E-state index contributed by atoms with van der Waals surface area (Å²) in [4.78, 5) is 23.6. The maximum atomic E-state index is 11.9. The first kappa shape index (κ1) is 22.1. The minimum absolute atomic E-state index is 0.104. The molecule has 0 radical (unpaired) electrons. The first-order chi connectivity index (χ1) is 12.0. The molecule has 0 unspecified atom stereocenters. The molecule has 0 atom stereocenters. The lowest BCUT2D eigenvalue weighted by Gasteiger charge is -2.35. The largest absolute Gasteiger partial charge is 0.397 e. The molecule has 0 aromatic rings. The second-order valence-electron chi connectivity index (χ2n) is 7.54. The Hall–Kier alpha value is -0.940. The van der Waals surface area contributed by atoms with Crippen LogP contribution in [-0.4, -0.2) is 42.2 Å². The van der Waals surface area contributed by atoms with Crippen LogP contribution in [0, 0.1) is 11.8 Å². The molecule has 0 heterocycles. The number of ketones is 1. The van der Waals surface area contributed by atoms with Gasteiger partial charge >= 0.3 is 0 Å². The van der Waals surface area contributed by atoms with Crippen molar-refractivity contribution < 1.29 is 19.4 Å². The third-order valence-corrected chi connectivity index (χ3v) is 4.93. The van der Waals surface area contributed by atoms with E-state index in [0.29, 0.717) is 24.9 Å². The van der Waals surface area contributed by atoms with Crippen LogP contribution in [0.3, 0.4) is 0 Å². The molecule has 5 heteroatoms. The molecule has 0 saturated heterocycles. The van der Waals surface area contributed by atoms with E-state index in [1.165, 1.54) is 32.1 Å². The molecular formula is C20H37NO4. The molecule has 146 valence electrons. The number of rotatable bonds is 8. The van der Waals surface area contributed by atoms with E-state index in [9.17, 15) is 9.59 Å². The normalized spacial score (nSPS) is 23.4. The lowest BCUT2D eigenvalue weighted by molar-refractivity contribution is -0.131. The second-order valence-corrected chi connectivity index (χ2v) is 7.54. The van der Waals surface area contributed by atoms with E-state index in [2.05, 4.69) is 5.32 Å². The summed E-state index contributed by atoms with van der Waals surface area (Å²) in [5.41, 5.74) is 0. The third kappa shape index (κ3) is 8.82. The zero-order chi connectivity index (χ0) is 18.7. The van der Waals surface area contributed by atoms with Crippen molar-refractivity contribution in [1.29, 1.82) is 0 Å². The van der Waals surface area contributed by atoms with Gasteiger partial charge in [0.15, 0.2) is 0 Å². The van der Waals surface area contributed by atoms with E-state index in [1.807, 2.05) is 13.8 Å². The number of amides is 1. The third-order valence-electron chi connectivity index (χ3n) is 4.93. The van der Waals surface area contributed by atoms with Gasteiger partial charge in [0.2, 0.25) is 5.91 Å². The molecule has 25 heavy (non-hydrogen) atoms. The Bertz CT molecular complexity index is 385. The van der Waals surface area contributed by atoms with Gasteiger partial charge in [0, 0.05) is 37.5 Å². The summed E-state index contributed by atoms with van der Waals surface area (Å²) < 4.78 is 5.83. The highest BCUT2D eigenvalue weighted by Gasteiger charge is 2.35. The molecule has 5 nitrogen and oxygen atoms in total. The SMILES string of the molecule is CC(C)C(=O)C1CC(NC(=O)CCCOC2CCCCC2)C1.CCO. The molecule has 0 bridgehead atoms. The smallest absolute Gasteiger partial charge is 0.220 e. The Labute approximate surface area is 152 Å². The van der Waals surface area contributed by atoms with Crippen LogP contribution in [0.2, 0.25) is 0 Å². The number of ether oxygens (including phenoxy) is 1. The summed E-state index contributed by atoms with van der Waals surface area (Å²) in [5, 5.41) is 10.6. The van der Waals surface area contributed by atoms with Crippen LogP contribution in [0.1, 0.15) is 78.6 Å². The van der Waals surface area contributed by atoms with E-state index >= 15 is 0 Å². The van der Waals surface area contributed by atoms with Gasteiger partial charge in [0.1, 0.15) is 5.78 Å². The fourth-order valence-electron chi connectivity index (χ4n) is 3.45. The number of aliphatic hydroxyl groups is 1. The van der Waals surface area contributed by atoms with Crippen LogP contribution in [0.5, 0.6) is 0 Å². The van der Waals surface area contributed by atoms with E-state index in [1.54, 1.807) is 6.92 Å². The van der Waals surface area contributed by atoms with Gasteiger partial charge in [-0.05, 0) is 39.0 Å². The maximum absolute atomic E-state index is 11.9. The van der Waals surface area contributed by atoms with Crippen LogP contribution >= 0.6 is 0 Å². The van der Waals surface area contributed by atoms with Gasteiger partial charge in [-0.1, -0.05) is 33.1 Å². The van der Waals surface area contributed by atoms with Gasteiger partial charge in [-0.2, -0.15) is 0 Å². The van der Waals surface area contributed by atoms with Crippen molar-refractivity contribution >= 4 is 11.7 Å². The van der Waals surface area contributed by atoms with Crippen molar-refractivity contribution in [2.75, 3.05) is 13.2 Å². The molecule has 2 fully saturated rings. The van der Waals surface area contributed by atoms with Crippen LogP contribution in [0.25, 0.3) is 0 Å². The molecule has 2 aliphatic rings. The van der Waals surface area contributed by atoms with Crippen LogP contribution in [0.15, 0.2) is 0 Å². The summed E-state index contributed by atoms with van der Waals surface area (Å²) in [6.07, 6.45) is 9.65. The van der Waals surface area contributed by atoms with Crippen LogP contribution in [0.4, 0.5) is 0 Å². The van der Waals surface area contributed by atoms with E-state index in [4.69, 9.17) is 9.84 Å². The van der Waals surface area contributed by atoms with Crippen molar-refractivity contribution in [2.24, 2.45) is 11.8 Å². The predicted octanol–water partition coefficient (Wildman–Crippen LogP) is 3.23. The summed E-state index contributed by atoms with van der Waals surface area (Å²) in [6.45, 7) is 6.51. The molecule has 2 N–H and O–H groups in total. The van der Waals surface area contributed by atoms with Crippen molar-refractivity contribution in [2.45, 2.75) is 90.7 Å². The number of nitrogens with one attached hydrogen (secondary N) is 1. The van der Waals surface area contributed by atoms with Gasteiger partial charge in [0.25, 0.3) is 0 Å². The van der Waals surface area contributed by atoms with Gasteiger partial charge in [-0.15, -0.1) is 0 Å². The number of Topliss-reactive ketones (excluding diaryl/α,β-unsaturated/α-hetero) is 1. The highest BCUT2D eigenvalue weighted by Crippen LogP contribution is 2.30. The number of aliphatic hydroxyl groups excluding tert-OH is 1. The molecule has 2 rings (SSSR count). The number of hydrogen-bond acceptors (Lipinski definition) is 4. The van der Waals surface area contributed by atoms with E-state index < -0.39 is 0 Å². The number of hydrogen-bond donors (Lipinski definition) is 2. The zero-order valence-corrected chi connectivity index (χ0v) is 16.3. The van der Waals surface area contributed by atoms with Crippen molar-refractivity contribution in [3.8, 4) is 0 Å². The second kappa shape index (κ2) is 12.4. The summed E-state index contributed by atoms with van der Waals surface area (Å²) >= 11 is 0. The quantitative estimate of drug-likeness (QED) is 0.656. The Kier molecular flexibility index (Phi) is 11.0. The molecule has 0 spiro atoms. The molecule has 0 aliphatic heterocycles. The fourth-order valence-corrected chi connectivity index (χ4v) is 3.45. The van der Waals surface area contributed by atoms with Gasteiger partial charge in [0.05, 0.1) is 6.10 Å². The fraction of sp³-hybridized carbons (Fsp3) is 0.900. The van der Waals surface area contributed by atoms with Crippen molar-refractivity contribution in [3.63, 3.8) is 0 Å². The summed E-state index contributed by atoms with van der Waals surface area (Å²) in [6, 6.07) is 0.208. The van der Waals surface area contributed by atoms with Gasteiger partial charge in [-0.3, -0.25) is 9.59 Å². The molecule has 0 aromatic heterocycles. The Balaban J connectivity index is 0.000000970. The molecule has 2 aliphatic carbocycles. The molecule has 1 amide bonds. The lowest BCUT2D eigenvalue weighted by atomic mass is 9.75. The predicted molar refractivity (Wildman–Crippen MR) is 99.3 cm³/mol. The standard InChI is InChI=1S/C18H31NO3.C2H6O/c1-13(2)18(21)14-11-15(12-14)19-17(20)9-6-10-22-16-7-4-3-5-8-16;1-2-3/h13-16H,3-12H2,1-2H3,(H,19,20);3H,2H2,1H3. The highest BCUT2D eigenvalue weighted by atomic mass is 16.5. The summed E-state index contributed by atoms with van der Waals surface area (Å²) in [5.74, 6) is 0.720. The summed E-state index contributed by atoms with van der Waals surface area (Å²) in [7, 11) is 0. The van der Waals surface area contributed by atoms with Gasteiger partial charge in [-0.25, -0.2) is 0 Å². The average Bonchev–Trinajstić information content (AvgIpc) is 2.55. The Morgan fingerprint density at radius 3 is 2.32 bits per heavy atom. The number of carbonyl (C=O) groups is 2. The lowest BCUT2D eigenvalue weighted by Crippen LogP contribution is -2.47. The average molecular weight is 356 g/mol. The van der Waals surface area contributed by atoms with Crippen molar-refractivity contribution in [1.82, 2.24) is 5.32 Å². The Morgan fingerprint density at radius 2 is 1.76 bits per heavy atom.